The number of hydrogen-bond acceptors (Lipinski definition) is 10. The van der Waals surface area contributed by atoms with Crippen molar-refractivity contribution in [2.45, 2.75) is 150 Å². The minimum Gasteiger partial charge on any atom is -0.360 e. The lowest BCUT2D eigenvalue weighted by Crippen LogP contribution is -2.65. The van der Waals surface area contributed by atoms with Gasteiger partial charge in [-0.05, 0) is 41.1 Å². The van der Waals surface area contributed by atoms with Gasteiger partial charge in [0, 0.05) is 36.9 Å². The van der Waals surface area contributed by atoms with E-state index in [2.05, 4.69) is 31.6 Å². The fraction of sp³-hybridized carbons (Fsp3) is 0.644. The molecule has 5 N–H and O–H groups in total. The number of nitrogens with zero attached hydrogens (tertiary/aromatic N) is 3. The van der Waals surface area contributed by atoms with Gasteiger partial charge in [0.25, 0.3) is 0 Å². The normalized spacial score (nSPS) is 22.5. The third-order valence-electron chi connectivity index (χ3n) is 11.5. The molecule has 0 radical (unpaired) electrons. The Hall–Kier alpha value is -4.66. The van der Waals surface area contributed by atoms with E-state index in [0.29, 0.717) is 24.4 Å². The molecule has 1 fully saturated rings. The monoisotopic (exact) mass is 848 g/mol. The Morgan fingerprint density at radius 3 is 2.22 bits per heavy atom. The third-order valence-corrected chi connectivity index (χ3v) is 12.4. The number of unbranched alkanes of at least 4 members (excludes halogenated alkanes) is 1. The Labute approximate surface area is 360 Å². The lowest BCUT2D eigenvalue weighted by molar-refractivity contribution is -0.140. The zero-order valence-electron chi connectivity index (χ0n) is 37.4. The molecule has 0 saturated carbocycles. The molecule has 1 saturated heterocycles. The van der Waals surface area contributed by atoms with Crippen molar-refractivity contribution in [1.82, 2.24) is 36.5 Å². The van der Waals surface area contributed by atoms with Gasteiger partial charge in [0.15, 0.2) is 0 Å². The Bertz CT molecular complexity index is 1840. The zero-order valence-corrected chi connectivity index (χ0v) is 38.2. The molecule has 8 atom stereocenters. The van der Waals surface area contributed by atoms with E-state index in [0.717, 1.165) is 18.4 Å². The molecule has 4 rings (SSSR count). The minimum absolute atomic E-state index is 0.0136. The number of aromatic nitrogens is 1. The molecule has 2 aliphatic heterocycles. The van der Waals surface area contributed by atoms with E-state index in [1.54, 1.807) is 16.5 Å². The maximum atomic E-state index is 14.9. The highest BCUT2D eigenvalue weighted by Crippen LogP contribution is 2.29. The van der Waals surface area contributed by atoms with Gasteiger partial charge in [-0.3, -0.25) is 33.8 Å². The lowest BCUT2D eigenvalue weighted by Gasteiger charge is -2.39. The fourth-order valence-corrected chi connectivity index (χ4v) is 8.48. The summed E-state index contributed by atoms with van der Waals surface area (Å²) in [5.41, 5.74) is -0.655. The number of Topliss-reactive ketones (excluding diaryl/α,β-unsaturated/α-hetero) is 1. The summed E-state index contributed by atoms with van der Waals surface area (Å²) in [6, 6.07) is 4.16. The van der Waals surface area contributed by atoms with E-state index in [-0.39, 0.29) is 48.2 Å². The summed E-state index contributed by atoms with van der Waals surface area (Å²) in [7, 11) is 0. The molecule has 2 aromatic rings. The molecule has 1 aromatic heterocycles. The molecular weight excluding hydrogens is 781 g/mol. The largest absolute Gasteiger partial charge is 0.360 e. The fourth-order valence-electron chi connectivity index (χ4n) is 7.79. The number of thiazole rings is 1. The van der Waals surface area contributed by atoms with Crippen molar-refractivity contribution in [3.05, 3.63) is 52.5 Å². The van der Waals surface area contributed by atoms with Crippen LogP contribution in [0.25, 0.3) is 0 Å². The number of benzene rings is 1. The van der Waals surface area contributed by atoms with Crippen LogP contribution < -0.4 is 26.6 Å². The number of carbonyl (C=O) groups is 6. The average Bonchev–Trinajstić information content (AvgIpc) is 3.86. The molecule has 15 heteroatoms. The standard InChI is InChI=1S/C45H68N8O6S/c1-12-13-19-30(54)24-31(43-46-21-23-60-43)48-40(57)34(28(5)29-17-15-14-16-18-29)50-42(59)37(45(9,10)11)51-38-36(44(6,7)8)52-39(56)33(26(2)3)49-41(58)35-27(4)20-22-53(35)32(55)25-47-38/h14-18,21,23,26-28,31,33-37H,12-13,19-20,22,24-25H2,1-11H3,(H,47,51)(H,48,57)(H,49,58)(H,50,59)(H,52,56)/t27-,28+,31-,33+,34?,35+,36?,37?/m1/s1. The van der Waals surface area contributed by atoms with Gasteiger partial charge in [-0.2, -0.15) is 0 Å². The average molecular weight is 849 g/mol. The first-order valence-corrected chi connectivity index (χ1v) is 22.3. The second-order valence-electron chi connectivity index (χ2n) is 18.9. The molecule has 14 nitrogen and oxygen atoms in total. The molecule has 0 aliphatic carbocycles. The summed E-state index contributed by atoms with van der Waals surface area (Å²) >= 11 is 1.35. The second-order valence-corrected chi connectivity index (χ2v) is 19.9. The minimum atomic E-state index is -1.08. The summed E-state index contributed by atoms with van der Waals surface area (Å²) in [6.45, 7) is 21.0. The lowest BCUT2D eigenvalue weighted by atomic mass is 9.82. The Balaban J connectivity index is 1.75. The molecule has 3 heterocycles. The van der Waals surface area contributed by atoms with Crippen LogP contribution in [0.1, 0.15) is 131 Å². The van der Waals surface area contributed by atoms with Crippen molar-refractivity contribution in [2.24, 2.45) is 27.7 Å². The highest BCUT2D eigenvalue weighted by Gasteiger charge is 2.44. The summed E-state index contributed by atoms with van der Waals surface area (Å²) < 4.78 is 0. The third kappa shape index (κ3) is 12.4. The van der Waals surface area contributed by atoms with Crippen LogP contribution in [0, 0.1) is 22.7 Å². The van der Waals surface area contributed by atoms with Crippen LogP contribution in [-0.4, -0.2) is 94.3 Å². The van der Waals surface area contributed by atoms with Gasteiger partial charge in [0.2, 0.25) is 29.5 Å². The SMILES string of the molecule is CCCCC(=O)C[C@@H](NC(=O)C(NC(=O)C(NC1=NCC(=O)N2CC[C@@H](C)[C@H]2C(=O)N[C@@H](C(C)C)C(=O)NC1C(C)(C)C)C(C)(C)C)[C@@H](C)c1ccccc1)c1nccs1. The Morgan fingerprint density at radius 1 is 0.950 bits per heavy atom. The van der Waals surface area contributed by atoms with Crippen molar-refractivity contribution < 1.29 is 28.8 Å². The van der Waals surface area contributed by atoms with Gasteiger partial charge in [-0.1, -0.05) is 113 Å². The highest BCUT2D eigenvalue weighted by atomic mass is 32.1. The van der Waals surface area contributed by atoms with Crippen molar-refractivity contribution >= 4 is 52.5 Å². The van der Waals surface area contributed by atoms with Gasteiger partial charge < -0.3 is 31.5 Å². The Kier molecular flexibility index (Phi) is 16.6. The van der Waals surface area contributed by atoms with Crippen LogP contribution in [0.5, 0.6) is 0 Å². The van der Waals surface area contributed by atoms with Crippen LogP contribution in [0.3, 0.4) is 0 Å². The smallest absolute Gasteiger partial charge is 0.244 e. The molecule has 60 heavy (non-hydrogen) atoms. The number of amidine groups is 1. The van der Waals surface area contributed by atoms with Gasteiger partial charge in [0.1, 0.15) is 47.3 Å². The number of nitrogens with one attached hydrogen (secondary N) is 5. The van der Waals surface area contributed by atoms with E-state index in [1.165, 1.54) is 11.3 Å². The molecule has 5 amide bonds. The van der Waals surface area contributed by atoms with Crippen LogP contribution in [0.15, 0.2) is 46.9 Å². The maximum absolute atomic E-state index is 14.9. The predicted molar refractivity (Wildman–Crippen MR) is 235 cm³/mol. The van der Waals surface area contributed by atoms with E-state index in [1.807, 2.05) is 106 Å². The molecule has 330 valence electrons. The van der Waals surface area contributed by atoms with E-state index >= 15 is 0 Å². The van der Waals surface area contributed by atoms with Crippen LogP contribution in [0.4, 0.5) is 0 Å². The number of rotatable bonds is 14. The Morgan fingerprint density at radius 2 is 1.63 bits per heavy atom. The van der Waals surface area contributed by atoms with Gasteiger partial charge in [-0.25, -0.2) is 4.98 Å². The number of ketones is 1. The number of carbonyl (C=O) groups excluding carboxylic acids is 6. The zero-order chi connectivity index (χ0) is 44.5. The molecule has 2 aliphatic rings. The van der Waals surface area contributed by atoms with E-state index < -0.39 is 70.7 Å². The van der Waals surface area contributed by atoms with Crippen LogP contribution in [-0.2, 0) is 28.8 Å². The first kappa shape index (κ1) is 48.0. The quantitative estimate of drug-likeness (QED) is 0.174. The van der Waals surface area contributed by atoms with E-state index in [9.17, 15) is 28.8 Å². The summed E-state index contributed by atoms with van der Waals surface area (Å²) in [6.07, 6.45) is 4.34. The van der Waals surface area contributed by atoms with E-state index in [4.69, 9.17) is 4.99 Å². The van der Waals surface area contributed by atoms with Gasteiger partial charge >= 0.3 is 0 Å². The second kappa shape index (κ2) is 20.7. The topological polar surface area (TPSA) is 191 Å². The summed E-state index contributed by atoms with van der Waals surface area (Å²) in [5.74, 6) is -2.75. The summed E-state index contributed by atoms with van der Waals surface area (Å²) in [4.78, 5) is 94.9. The number of fused-ring (bicyclic) bond motifs is 1. The molecule has 1 aromatic carbocycles. The summed E-state index contributed by atoms with van der Waals surface area (Å²) in [5, 5.41) is 18.0. The number of hydrogen-bond donors (Lipinski definition) is 5. The van der Waals surface area contributed by atoms with Gasteiger partial charge in [-0.15, -0.1) is 11.3 Å². The van der Waals surface area contributed by atoms with Crippen LogP contribution >= 0.6 is 11.3 Å². The molecular formula is C45H68N8O6S. The highest BCUT2D eigenvalue weighted by molar-refractivity contribution is 7.09. The van der Waals surface area contributed by atoms with Crippen molar-refractivity contribution in [3.8, 4) is 0 Å². The first-order chi connectivity index (χ1) is 28.1. The first-order valence-electron chi connectivity index (χ1n) is 21.4. The number of amides is 5. The van der Waals surface area contributed by atoms with Crippen molar-refractivity contribution in [2.75, 3.05) is 13.1 Å². The molecule has 3 unspecified atom stereocenters. The molecule has 0 spiro atoms. The van der Waals surface area contributed by atoms with Gasteiger partial charge in [0.05, 0.1) is 12.1 Å². The predicted octanol–water partition coefficient (Wildman–Crippen LogP) is 5.06. The maximum Gasteiger partial charge on any atom is 0.244 e. The number of aliphatic imine (C=N–C) groups is 1. The van der Waals surface area contributed by atoms with Crippen molar-refractivity contribution in [3.63, 3.8) is 0 Å². The van der Waals surface area contributed by atoms with Crippen molar-refractivity contribution in [1.29, 1.82) is 0 Å². The van der Waals surface area contributed by atoms with Crippen LogP contribution in [0.2, 0.25) is 0 Å². The molecule has 0 bridgehead atoms.